The average molecular weight is 608 g/mol. The summed E-state index contributed by atoms with van der Waals surface area (Å²) in [4.78, 5) is 26.5. The van der Waals surface area contributed by atoms with Crippen LogP contribution in [-0.2, 0) is 28.1 Å². The van der Waals surface area contributed by atoms with Crippen LogP contribution in [0.2, 0.25) is 0 Å². The van der Waals surface area contributed by atoms with Crippen molar-refractivity contribution in [3.8, 4) is 0 Å². The zero-order valence-corrected chi connectivity index (χ0v) is 26.5. The number of aromatic nitrogens is 1. The summed E-state index contributed by atoms with van der Waals surface area (Å²) in [7, 11) is 1.58. The minimum atomic E-state index is -0.122. The standard InChI is InChI=1S/C11H18NO.C9H11N4O.C5H5N2.C2H6S.CH2O.V/c1-10(2)5-6-11(3,9-13-10)7-8-12-4;1-11-9(14)7-2-4-8(5-3-7)12-6-13-10;6-5-3-1-2-4-7-5;1-3-2;1-2;/h6-8H,4-5,9H2,1-3H3;2-5,12H,6H2,1H3,(H,11,14);1-3H,(H2,6,7);1-2H3;1H2;/q3*-1;;;/b8-7+;;;;;/t11-;;;;;/m0...../s1. The summed E-state index contributed by atoms with van der Waals surface area (Å²) in [6, 6.07) is 12.1. The Bertz CT molecular complexity index is 952. The van der Waals surface area contributed by atoms with Crippen LogP contribution in [0.15, 0.2) is 64.8 Å². The van der Waals surface area contributed by atoms with E-state index in [0.717, 1.165) is 18.7 Å². The Hall–Kier alpha value is -2.99. The van der Waals surface area contributed by atoms with E-state index in [0.29, 0.717) is 11.4 Å². The third-order valence-corrected chi connectivity index (χ3v) is 4.75. The van der Waals surface area contributed by atoms with Crippen molar-refractivity contribution in [1.82, 2.24) is 10.3 Å². The van der Waals surface area contributed by atoms with Gasteiger partial charge in [0.15, 0.2) is 0 Å². The van der Waals surface area contributed by atoms with E-state index in [9.17, 15) is 4.79 Å². The molecule has 1 saturated heterocycles. The van der Waals surface area contributed by atoms with Crippen molar-refractivity contribution < 1.29 is 32.9 Å². The first-order valence-electron chi connectivity index (χ1n) is 11.8. The number of hydrogen-bond acceptors (Lipinski definition) is 9. The second-order valence-corrected chi connectivity index (χ2v) is 9.51. The molecule has 1 radical (unpaired) electrons. The summed E-state index contributed by atoms with van der Waals surface area (Å²) in [6.45, 7) is 12.6. The molecule has 0 unspecified atom stereocenters. The topological polar surface area (TPSA) is 153 Å². The van der Waals surface area contributed by atoms with E-state index in [2.05, 4.69) is 65.8 Å². The Morgan fingerprint density at radius 2 is 1.88 bits per heavy atom. The first kappa shape index (κ1) is 41.5. The normalized spacial score (nSPS) is 16.1. The zero-order valence-electron chi connectivity index (χ0n) is 24.3. The van der Waals surface area contributed by atoms with Crippen molar-refractivity contribution in [2.75, 3.05) is 43.9 Å². The number of thioether (sulfide) groups is 1. The van der Waals surface area contributed by atoms with Gasteiger partial charge in [-0.3, -0.25) is 9.79 Å². The predicted octanol–water partition coefficient (Wildman–Crippen LogP) is 5.30. The van der Waals surface area contributed by atoms with Gasteiger partial charge in [0.1, 0.15) is 6.79 Å². The Kier molecular flexibility index (Phi) is 25.9. The van der Waals surface area contributed by atoms with E-state index in [4.69, 9.17) is 20.8 Å². The number of pyridine rings is 1. The second kappa shape index (κ2) is 25.0. The molecule has 1 amide bonds. The molecule has 3 rings (SSSR count). The molecular weight excluding hydrogens is 565 g/mol. The van der Waals surface area contributed by atoms with Crippen molar-refractivity contribution in [1.29, 1.82) is 0 Å². The first-order valence-corrected chi connectivity index (χ1v) is 13.5. The van der Waals surface area contributed by atoms with Crippen molar-refractivity contribution in [2.24, 2.45) is 15.5 Å². The van der Waals surface area contributed by atoms with Crippen LogP contribution >= 0.6 is 11.8 Å². The molecule has 0 saturated carbocycles. The molecule has 0 aliphatic carbocycles. The van der Waals surface area contributed by atoms with Gasteiger partial charge in [-0.2, -0.15) is 23.9 Å². The molecule has 0 spiro atoms. The Labute approximate surface area is 255 Å². The summed E-state index contributed by atoms with van der Waals surface area (Å²) >= 11 is 1.75. The van der Waals surface area contributed by atoms with Gasteiger partial charge in [0.25, 0.3) is 5.91 Å². The SMILES string of the molecule is C=N/C=C/[C@]1(C)[CH-]CC(C)(C)OC1.C=O.CNC(=O)c1ccc(NCN=[N-])cc1.CSC.Nc1ccc[c-]n1.[V]. The number of nitrogen functional groups attached to an aromatic ring is 1. The fraction of sp³-hybridized carbons (Fsp3) is 0.393. The number of aliphatic imine (C=N–C) groups is 1. The van der Waals surface area contributed by atoms with E-state index in [1.165, 1.54) is 0 Å². The van der Waals surface area contributed by atoms with E-state index >= 15 is 0 Å². The number of rotatable bonds is 6. The molecule has 1 fully saturated rings. The van der Waals surface area contributed by atoms with Crippen molar-refractivity contribution in [2.45, 2.75) is 32.8 Å². The Balaban J connectivity index is -0.000000486. The number of amides is 1. The number of nitrogens with zero attached hydrogens (tertiary/aromatic N) is 4. The summed E-state index contributed by atoms with van der Waals surface area (Å²) in [6.07, 6.45) is 13.7. The molecule has 0 bridgehead atoms. The maximum Gasteiger partial charge on any atom is 0.251 e. The average Bonchev–Trinajstić information content (AvgIpc) is 2.95. The van der Waals surface area contributed by atoms with E-state index in [1.54, 1.807) is 67.5 Å². The quantitative estimate of drug-likeness (QED) is 0.229. The summed E-state index contributed by atoms with van der Waals surface area (Å²) in [5.41, 5.74) is 14.8. The van der Waals surface area contributed by atoms with Gasteiger partial charge in [0.05, 0.1) is 6.67 Å². The van der Waals surface area contributed by atoms with Gasteiger partial charge in [-0.25, -0.2) is 0 Å². The fourth-order valence-electron chi connectivity index (χ4n) is 2.64. The maximum absolute atomic E-state index is 11.1. The zero-order chi connectivity index (χ0) is 30.2. The number of ether oxygens (including phenoxy) is 1. The molecule has 1 atom stereocenters. The van der Waals surface area contributed by atoms with E-state index < -0.39 is 0 Å². The molecule has 1 aliphatic heterocycles. The summed E-state index contributed by atoms with van der Waals surface area (Å²) in [5, 5.41) is 8.27. The number of anilines is 2. The van der Waals surface area contributed by atoms with Crippen molar-refractivity contribution in [3.05, 3.63) is 78.5 Å². The monoisotopic (exact) mass is 607 g/mol. The largest absolute Gasteiger partial charge is 0.710 e. The van der Waals surface area contributed by atoms with Gasteiger partial charge >= 0.3 is 0 Å². The minimum Gasteiger partial charge on any atom is -0.710 e. The number of carbonyl (C=O) groups is 2. The van der Waals surface area contributed by atoms with Crippen molar-refractivity contribution in [3.63, 3.8) is 0 Å². The van der Waals surface area contributed by atoms with Crippen LogP contribution in [0.5, 0.6) is 0 Å². The van der Waals surface area contributed by atoms with Gasteiger partial charge in [0.2, 0.25) is 0 Å². The van der Waals surface area contributed by atoms with Crippen LogP contribution in [-0.4, -0.2) is 62.8 Å². The van der Waals surface area contributed by atoms with Gasteiger partial charge in [-0.15, -0.1) is 17.9 Å². The maximum atomic E-state index is 11.1. The number of nitrogens with one attached hydrogen (secondary N) is 2. The van der Waals surface area contributed by atoms with E-state index in [-0.39, 0.29) is 42.1 Å². The molecule has 12 heteroatoms. The fourth-order valence-corrected chi connectivity index (χ4v) is 2.64. The minimum absolute atomic E-state index is 0. The molecule has 40 heavy (non-hydrogen) atoms. The van der Waals surface area contributed by atoms with Crippen LogP contribution in [0.4, 0.5) is 11.5 Å². The first-order chi connectivity index (χ1) is 18.6. The Morgan fingerprint density at radius 1 is 1.27 bits per heavy atom. The smallest absolute Gasteiger partial charge is 0.251 e. The van der Waals surface area contributed by atoms with Crippen LogP contribution in [0.25, 0.3) is 5.53 Å². The van der Waals surface area contributed by atoms with Gasteiger partial charge in [0, 0.05) is 61.1 Å². The number of nitrogens with two attached hydrogens (primary N) is 1. The molecule has 10 nitrogen and oxygen atoms in total. The van der Waals surface area contributed by atoms with Gasteiger partial charge in [-0.05, 0) is 57.3 Å². The van der Waals surface area contributed by atoms with E-state index in [1.807, 2.05) is 25.4 Å². The van der Waals surface area contributed by atoms with Crippen LogP contribution in [0.3, 0.4) is 0 Å². The van der Waals surface area contributed by atoms with Gasteiger partial charge < -0.3 is 47.9 Å². The number of benzene rings is 1. The second-order valence-electron chi connectivity index (χ2n) is 8.69. The molecule has 2 heterocycles. The molecule has 1 aromatic heterocycles. The van der Waals surface area contributed by atoms with Gasteiger partial charge in [-0.1, -0.05) is 19.2 Å². The third kappa shape index (κ3) is 20.9. The molecular formula is C28H42N7O3SV-3. The number of hydrogen-bond donors (Lipinski definition) is 3. The number of carbonyl (C=O) groups excluding carboxylic acids is 2. The molecule has 1 aromatic carbocycles. The predicted molar refractivity (Wildman–Crippen MR) is 164 cm³/mol. The summed E-state index contributed by atoms with van der Waals surface area (Å²) in [5.74, 6) is 0.394. The Morgan fingerprint density at radius 3 is 2.25 bits per heavy atom. The van der Waals surface area contributed by atoms with Crippen LogP contribution in [0.1, 0.15) is 37.6 Å². The third-order valence-electron chi connectivity index (χ3n) is 4.75. The van der Waals surface area contributed by atoms with Crippen molar-refractivity contribution >= 4 is 42.7 Å². The van der Waals surface area contributed by atoms with Crippen LogP contribution in [0, 0.1) is 18.0 Å². The summed E-state index contributed by atoms with van der Waals surface area (Å²) < 4.78 is 5.73. The molecule has 1 aliphatic rings. The van der Waals surface area contributed by atoms with Crippen LogP contribution < -0.4 is 16.4 Å². The molecule has 221 valence electrons. The molecule has 4 N–H and O–H groups in total. The molecule has 2 aromatic rings.